The van der Waals surface area contributed by atoms with Crippen LogP contribution >= 0.6 is 11.8 Å². The number of carbonyl (C=O) groups excluding carboxylic acids is 2. The summed E-state index contributed by atoms with van der Waals surface area (Å²) in [7, 11) is 0. The SMILES string of the molecule is CCN(CC)C(=O)COc1ccc(C2C(C(C)=O)=C(C)Nc3nc(SCc4ccccc4)nn32)cc1. The summed E-state index contributed by atoms with van der Waals surface area (Å²) in [4.78, 5) is 31.3. The van der Waals surface area contributed by atoms with Crippen molar-refractivity contribution >= 4 is 29.4 Å². The quantitative estimate of drug-likeness (QED) is 0.400. The lowest BCUT2D eigenvalue weighted by Gasteiger charge is -2.28. The molecule has 1 unspecified atom stereocenters. The molecule has 4 rings (SSSR count). The van der Waals surface area contributed by atoms with E-state index in [-0.39, 0.29) is 18.3 Å². The summed E-state index contributed by atoms with van der Waals surface area (Å²) in [5.74, 6) is 1.86. The highest BCUT2D eigenvalue weighted by atomic mass is 32.2. The van der Waals surface area contributed by atoms with Gasteiger partial charge in [-0.15, -0.1) is 5.10 Å². The topological polar surface area (TPSA) is 89.3 Å². The third-order valence-electron chi connectivity index (χ3n) is 6.10. The van der Waals surface area contributed by atoms with E-state index in [1.54, 1.807) is 28.3 Å². The number of nitrogens with one attached hydrogen (secondary N) is 1. The molecule has 188 valence electrons. The second kappa shape index (κ2) is 11.4. The van der Waals surface area contributed by atoms with E-state index < -0.39 is 6.04 Å². The number of rotatable bonds is 10. The number of Topliss-reactive ketones (excluding diaryl/α,β-unsaturated/α-hetero) is 1. The molecule has 0 bridgehead atoms. The van der Waals surface area contributed by atoms with Crippen LogP contribution in [0, 0.1) is 0 Å². The van der Waals surface area contributed by atoms with Gasteiger partial charge in [0.05, 0.1) is 0 Å². The Morgan fingerprint density at radius 3 is 2.42 bits per heavy atom. The van der Waals surface area contributed by atoms with Gasteiger partial charge in [-0.2, -0.15) is 4.98 Å². The molecule has 1 aliphatic heterocycles. The fraction of sp³-hybridized carbons (Fsp3) is 0.333. The molecule has 1 amide bonds. The van der Waals surface area contributed by atoms with Gasteiger partial charge in [0, 0.05) is 30.1 Å². The molecule has 36 heavy (non-hydrogen) atoms. The van der Waals surface area contributed by atoms with E-state index >= 15 is 0 Å². The maximum absolute atomic E-state index is 12.7. The van der Waals surface area contributed by atoms with Crippen LogP contribution in [0.25, 0.3) is 0 Å². The number of carbonyl (C=O) groups is 2. The number of hydrogen-bond donors (Lipinski definition) is 1. The molecule has 1 N–H and O–H groups in total. The van der Waals surface area contributed by atoms with Crippen molar-refractivity contribution in [2.75, 3.05) is 25.0 Å². The average Bonchev–Trinajstić information content (AvgIpc) is 3.29. The number of thioether (sulfide) groups is 1. The first-order valence-corrected chi connectivity index (χ1v) is 13.0. The maximum atomic E-state index is 12.7. The van der Waals surface area contributed by atoms with Crippen molar-refractivity contribution in [2.45, 2.75) is 44.6 Å². The Kier molecular flexibility index (Phi) is 8.10. The van der Waals surface area contributed by atoms with Crippen LogP contribution < -0.4 is 10.1 Å². The molecule has 1 aliphatic rings. The molecule has 8 nitrogen and oxygen atoms in total. The molecule has 1 aromatic heterocycles. The number of ether oxygens (including phenoxy) is 1. The van der Waals surface area contributed by atoms with E-state index in [0.717, 1.165) is 17.0 Å². The van der Waals surface area contributed by atoms with Gasteiger partial charge >= 0.3 is 0 Å². The number of benzene rings is 2. The van der Waals surface area contributed by atoms with Gasteiger partial charge in [0.1, 0.15) is 11.8 Å². The number of aromatic nitrogens is 3. The minimum absolute atomic E-state index is 0.0126. The van der Waals surface area contributed by atoms with Crippen LogP contribution in [0.1, 0.15) is 44.9 Å². The van der Waals surface area contributed by atoms with Crippen LogP contribution in [0.2, 0.25) is 0 Å². The summed E-state index contributed by atoms with van der Waals surface area (Å²) in [5.41, 5.74) is 3.47. The number of amides is 1. The number of likely N-dealkylation sites (N-methyl/N-ethyl adjacent to an activating group) is 1. The van der Waals surface area contributed by atoms with Crippen molar-refractivity contribution in [1.82, 2.24) is 19.7 Å². The van der Waals surface area contributed by atoms with E-state index in [1.807, 2.05) is 63.2 Å². The molecule has 0 fully saturated rings. The van der Waals surface area contributed by atoms with Gasteiger partial charge in [-0.05, 0) is 51.0 Å². The lowest BCUT2D eigenvalue weighted by molar-refractivity contribution is -0.133. The normalized spacial score (nSPS) is 14.7. The Balaban J connectivity index is 1.56. The van der Waals surface area contributed by atoms with Gasteiger partial charge in [-0.3, -0.25) is 9.59 Å². The van der Waals surface area contributed by atoms with E-state index in [0.29, 0.717) is 35.5 Å². The van der Waals surface area contributed by atoms with E-state index in [2.05, 4.69) is 22.4 Å². The van der Waals surface area contributed by atoms with Crippen molar-refractivity contribution in [3.05, 3.63) is 77.0 Å². The summed E-state index contributed by atoms with van der Waals surface area (Å²) >= 11 is 1.55. The fourth-order valence-electron chi connectivity index (χ4n) is 4.24. The molecular weight excluding hydrogens is 474 g/mol. The number of fused-ring (bicyclic) bond motifs is 1. The molecule has 1 atom stereocenters. The minimum Gasteiger partial charge on any atom is -0.484 e. The van der Waals surface area contributed by atoms with Crippen molar-refractivity contribution in [3.8, 4) is 5.75 Å². The Bertz CT molecular complexity index is 1250. The fourth-order valence-corrected chi connectivity index (χ4v) is 5.02. The molecule has 0 radical (unpaired) electrons. The maximum Gasteiger partial charge on any atom is 0.260 e. The van der Waals surface area contributed by atoms with Crippen LogP contribution in [0.4, 0.5) is 5.95 Å². The molecular formula is C27H31N5O3S. The number of nitrogens with zero attached hydrogens (tertiary/aromatic N) is 4. The second-order valence-electron chi connectivity index (χ2n) is 8.48. The molecule has 9 heteroatoms. The van der Waals surface area contributed by atoms with E-state index in [9.17, 15) is 9.59 Å². The van der Waals surface area contributed by atoms with Crippen LogP contribution in [-0.4, -0.2) is 51.1 Å². The van der Waals surface area contributed by atoms with Gasteiger partial charge in [-0.25, -0.2) is 4.68 Å². The standard InChI is InChI=1S/C27H31N5O3S/c1-5-31(6-2)23(34)16-35-22-14-12-21(13-15-22)25-24(19(4)33)18(3)28-26-29-27(30-32(25)26)36-17-20-10-8-7-9-11-20/h7-15,25H,5-6,16-17H2,1-4H3,(H,28,29,30). The monoisotopic (exact) mass is 505 g/mol. The number of hydrogen-bond acceptors (Lipinski definition) is 7. The van der Waals surface area contributed by atoms with E-state index in [4.69, 9.17) is 9.84 Å². The smallest absolute Gasteiger partial charge is 0.260 e. The first kappa shape index (κ1) is 25.5. The third kappa shape index (κ3) is 5.62. The summed E-state index contributed by atoms with van der Waals surface area (Å²) in [5, 5.41) is 8.63. The predicted molar refractivity (Wildman–Crippen MR) is 141 cm³/mol. The zero-order chi connectivity index (χ0) is 25.7. The number of ketones is 1. The van der Waals surface area contributed by atoms with Gasteiger partial charge in [0.15, 0.2) is 12.4 Å². The highest BCUT2D eigenvalue weighted by Crippen LogP contribution is 2.37. The second-order valence-corrected chi connectivity index (χ2v) is 9.43. The van der Waals surface area contributed by atoms with Crippen molar-refractivity contribution in [3.63, 3.8) is 0 Å². The Morgan fingerprint density at radius 1 is 1.08 bits per heavy atom. The lowest BCUT2D eigenvalue weighted by atomic mass is 9.93. The Morgan fingerprint density at radius 2 is 1.78 bits per heavy atom. The first-order valence-electron chi connectivity index (χ1n) is 12.0. The zero-order valence-corrected chi connectivity index (χ0v) is 21.8. The van der Waals surface area contributed by atoms with Gasteiger partial charge < -0.3 is 15.0 Å². The molecule has 0 aliphatic carbocycles. The molecule has 0 spiro atoms. The molecule has 0 saturated heterocycles. The van der Waals surface area contributed by atoms with Gasteiger partial charge in [0.2, 0.25) is 11.1 Å². The van der Waals surface area contributed by atoms with Crippen molar-refractivity contribution in [2.24, 2.45) is 0 Å². The Hall–Kier alpha value is -3.59. The number of anilines is 1. The summed E-state index contributed by atoms with van der Waals surface area (Å²) in [6.45, 7) is 8.63. The Labute approximate surface area is 215 Å². The van der Waals surface area contributed by atoms with Crippen LogP contribution in [0.5, 0.6) is 5.75 Å². The lowest BCUT2D eigenvalue weighted by Crippen LogP contribution is -2.34. The summed E-state index contributed by atoms with van der Waals surface area (Å²) in [6.07, 6.45) is 0. The van der Waals surface area contributed by atoms with Gasteiger partial charge in [0.25, 0.3) is 5.91 Å². The largest absolute Gasteiger partial charge is 0.484 e. The van der Waals surface area contributed by atoms with Crippen LogP contribution in [0.3, 0.4) is 0 Å². The van der Waals surface area contributed by atoms with E-state index in [1.165, 1.54) is 5.56 Å². The number of allylic oxidation sites excluding steroid dienone is 2. The highest BCUT2D eigenvalue weighted by molar-refractivity contribution is 7.98. The third-order valence-corrected chi connectivity index (χ3v) is 7.01. The van der Waals surface area contributed by atoms with Crippen molar-refractivity contribution in [1.29, 1.82) is 0 Å². The van der Waals surface area contributed by atoms with Crippen LogP contribution in [0.15, 0.2) is 71.0 Å². The average molecular weight is 506 g/mol. The molecule has 2 heterocycles. The summed E-state index contributed by atoms with van der Waals surface area (Å²) < 4.78 is 7.49. The highest BCUT2D eigenvalue weighted by Gasteiger charge is 2.32. The summed E-state index contributed by atoms with van der Waals surface area (Å²) in [6, 6.07) is 17.2. The zero-order valence-electron chi connectivity index (χ0n) is 21.0. The molecule has 2 aromatic carbocycles. The first-order chi connectivity index (χ1) is 17.4. The minimum atomic E-state index is -0.413. The van der Waals surface area contributed by atoms with Crippen LogP contribution in [-0.2, 0) is 15.3 Å². The molecule has 0 saturated carbocycles. The van der Waals surface area contributed by atoms with Gasteiger partial charge in [-0.1, -0.05) is 54.2 Å². The predicted octanol–water partition coefficient (Wildman–Crippen LogP) is 4.70. The van der Waals surface area contributed by atoms with Crippen molar-refractivity contribution < 1.29 is 14.3 Å². The molecule has 3 aromatic rings.